The van der Waals surface area contributed by atoms with Crippen LogP contribution in [0.5, 0.6) is 5.75 Å². The third-order valence-electron chi connectivity index (χ3n) is 4.26. The van der Waals surface area contributed by atoms with Gasteiger partial charge in [0.05, 0.1) is 23.6 Å². The number of hydrogen-bond donors (Lipinski definition) is 0. The molecule has 3 rings (SSSR count). The maximum atomic E-state index is 12.8. The minimum atomic E-state index is -3.58. The first-order valence-corrected chi connectivity index (χ1v) is 9.38. The molecule has 6 nitrogen and oxygen atoms in total. The molecule has 1 heterocycles. The molecule has 0 bridgehead atoms. The Morgan fingerprint density at radius 2 is 1.76 bits per heavy atom. The zero-order chi connectivity index (χ0) is 17.9. The van der Waals surface area contributed by atoms with E-state index in [1.165, 1.54) is 16.4 Å². The second-order valence-electron chi connectivity index (χ2n) is 5.73. The molecule has 0 spiro atoms. The van der Waals surface area contributed by atoms with Gasteiger partial charge in [0.25, 0.3) is 0 Å². The molecular formula is C18H19N3O3S. The minimum absolute atomic E-state index is 0.168. The van der Waals surface area contributed by atoms with Gasteiger partial charge in [-0.1, -0.05) is 12.1 Å². The number of methoxy groups -OCH3 is 1. The number of anilines is 1. The monoisotopic (exact) mass is 357 g/mol. The van der Waals surface area contributed by atoms with Crippen molar-refractivity contribution in [1.82, 2.24) is 4.31 Å². The third kappa shape index (κ3) is 3.60. The van der Waals surface area contributed by atoms with Gasteiger partial charge in [0.1, 0.15) is 5.75 Å². The summed E-state index contributed by atoms with van der Waals surface area (Å²) in [6, 6.07) is 15.9. The van der Waals surface area contributed by atoms with E-state index < -0.39 is 10.0 Å². The molecule has 2 aromatic rings. The van der Waals surface area contributed by atoms with Crippen LogP contribution in [0.4, 0.5) is 5.69 Å². The molecule has 0 radical (unpaired) electrons. The van der Waals surface area contributed by atoms with Crippen LogP contribution in [0.3, 0.4) is 0 Å². The fourth-order valence-electron chi connectivity index (χ4n) is 2.87. The van der Waals surface area contributed by atoms with Crippen molar-refractivity contribution in [3.8, 4) is 11.8 Å². The molecule has 0 amide bonds. The number of nitriles is 1. The number of sulfonamides is 1. The third-order valence-corrected chi connectivity index (χ3v) is 6.15. The van der Waals surface area contributed by atoms with Crippen LogP contribution >= 0.6 is 0 Å². The highest BCUT2D eigenvalue weighted by atomic mass is 32.2. The van der Waals surface area contributed by atoms with Crippen molar-refractivity contribution in [1.29, 1.82) is 5.26 Å². The Morgan fingerprint density at radius 1 is 1.04 bits per heavy atom. The summed E-state index contributed by atoms with van der Waals surface area (Å²) in [6.07, 6.45) is 0. The van der Waals surface area contributed by atoms with Crippen LogP contribution in [-0.2, 0) is 10.0 Å². The van der Waals surface area contributed by atoms with E-state index in [1.807, 2.05) is 30.3 Å². The lowest BCUT2D eigenvalue weighted by Crippen LogP contribution is -2.48. The summed E-state index contributed by atoms with van der Waals surface area (Å²) in [5, 5.41) is 8.97. The van der Waals surface area contributed by atoms with Crippen LogP contribution in [-0.4, -0.2) is 46.0 Å². The summed E-state index contributed by atoms with van der Waals surface area (Å²) >= 11 is 0. The predicted octanol–water partition coefficient (Wildman–Crippen LogP) is 2.08. The topological polar surface area (TPSA) is 73.6 Å². The number of rotatable bonds is 4. The van der Waals surface area contributed by atoms with Gasteiger partial charge in [-0.15, -0.1) is 0 Å². The average molecular weight is 357 g/mol. The van der Waals surface area contributed by atoms with Crippen LogP contribution in [0.2, 0.25) is 0 Å². The van der Waals surface area contributed by atoms with Gasteiger partial charge in [-0.25, -0.2) is 8.42 Å². The lowest BCUT2D eigenvalue weighted by Gasteiger charge is -2.35. The standard InChI is InChI=1S/C18H19N3O3S/c1-24-17-6-3-5-16(13-17)20-8-10-21(11-9-20)25(22,23)18-7-2-4-15(12-18)14-19/h2-7,12-13H,8-11H2,1H3. The van der Waals surface area contributed by atoms with Gasteiger partial charge in [0.2, 0.25) is 10.0 Å². The van der Waals surface area contributed by atoms with Crippen LogP contribution in [0.25, 0.3) is 0 Å². The predicted molar refractivity (Wildman–Crippen MR) is 95.1 cm³/mol. The van der Waals surface area contributed by atoms with E-state index in [1.54, 1.807) is 19.2 Å². The molecule has 130 valence electrons. The van der Waals surface area contributed by atoms with Crippen molar-refractivity contribution >= 4 is 15.7 Å². The largest absolute Gasteiger partial charge is 0.497 e. The minimum Gasteiger partial charge on any atom is -0.497 e. The maximum Gasteiger partial charge on any atom is 0.243 e. The molecule has 0 aliphatic carbocycles. The summed E-state index contributed by atoms with van der Waals surface area (Å²) in [7, 11) is -1.96. The first-order valence-electron chi connectivity index (χ1n) is 7.94. The van der Waals surface area contributed by atoms with Crippen molar-refractivity contribution in [3.63, 3.8) is 0 Å². The van der Waals surface area contributed by atoms with Gasteiger partial charge in [-0.2, -0.15) is 9.57 Å². The maximum absolute atomic E-state index is 12.8. The van der Waals surface area contributed by atoms with E-state index in [4.69, 9.17) is 10.00 Å². The molecule has 1 aliphatic rings. The highest BCUT2D eigenvalue weighted by Crippen LogP contribution is 2.24. The molecule has 0 atom stereocenters. The van der Waals surface area contributed by atoms with E-state index in [0.29, 0.717) is 31.7 Å². The number of hydrogen-bond acceptors (Lipinski definition) is 5. The molecule has 2 aromatic carbocycles. The van der Waals surface area contributed by atoms with Gasteiger partial charge >= 0.3 is 0 Å². The molecule has 1 saturated heterocycles. The quantitative estimate of drug-likeness (QED) is 0.838. The van der Waals surface area contributed by atoms with E-state index in [-0.39, 0.29) is 4.90 Å². The number of nitrogens with zero attached hydrogens (tertiary/aromatic N) is 3. The van der Waals surface area contributed by atoms with Crippen LogP contribution in [0.1, 0.15) is 5.56 Å². The molecule has 1 aliphatic heterocycles. The summed E-state index contributed by atoms with van der Waals surface area (Å²) in [5.41, 5.74) is 1.36. The highest BCUT2D eigenvalue weighted by Gasteiger charge is 2.28. The zero-order valence-electron chi connectivity index (χ0n) is 13.9. The summed E-state index contributed by atoms with van der Waals surface area (Å²) in [5.74, 6) is 0.779. The molecule has 0 aromatic heterocycles. The first kappa shape index (κ1) is 17.3. The van der Waals surface area contributed by atoms with Crippen LogP contribution in [0.15, 0.2) is 53.4 Å². The van der Waals surface area contributed by atoms with E-state index in [9.17, 15) is 8.42 Å². The second-order valence-corrected chi connectivity index (χ2v) is 7.67. The Bertz CT molecular complexity index is 898. The fourth-order valence-corrected chi connectivity index (χ4v) is 4.34. The van der Waals surface area contributed by atoms with E-state index >= 15 is 0 Å². The molecule has 0 unspecified atom stereocenters. The van der Waals surface area contributed by atoms with Crippen LogP contribution < -0.4 is 9.64 Å². The Morgan fingerprint density at radius 3 is 2.44 bits per heavy atom. The SMILES string of the molecule is COc1cccc(N2CCN(S(=O)(=O)c3cccc(C#N)c3)CC2)c1. The second kappa shape index (κ2) is 7.13. The van der Waals surface area contributed by atoms with Gasteiger partial charge in [0, 0.05) is 37.9 Å². The first-order chi connectivity index (χ1) is 12.0. The normalized spacial score (nSPS) is 15.6. The smallest absolute Gasteiger partial charge is 0.243 e. The van der Waals surface area contributed by atoms with E-state index in [2.05, 4.69) is 4.90 Å². The Labute approximate surface area is 147 Å². The molecule has 0 N–H and O–H groups in total. The lowest BCUT2D eigenvalue weighted by molar-refractivity contribution is 0.384. The molecular weight excluding hydrogens is 338 g/mol. The fraction of sp³-hybridized carbons (Fsp3) is 0.278. The molecule has 7 heteroatoms. The van der Waals surface area contributed by atoms with Crippen molar-refractivity contribution in [2.24, 2.45) is 0 Å². The van der Waals surface area contributed by atoms with Gasteiger partial charge in [-0.3, -0.25) is 0 Å². The van der Waals surface area contributed by atoms with Gasteiger partial charge in [0.15, 0.2) is 0 Å². The Hall–Kier alpha value is -2.56. The zero-order valence-corrected chi connectivity index (χ0v) is 14.7. The number of benzene rings is 2. The number of ether oxygens (including phenoxy) is 1. The van der Waals surface area contributed by atoms with E-state index in [0.717, 1.165) is 11.4 Å². The summed E-state index contributed by atoms with van der Waals surface area (Å²) in [4.78, 5) is 2.31. The summed E-state index contributed by atoms with van der Waals surface area (Å²) in [6.45, 7) is 2.00. The van der Waals surface area contributed by atoms with Crippen molar-refractivity contribution in [2.75, 3.05) is 38.2 Å². The summed E-state index contributed by atoms with van der Waals surface area (Å²) < 4.78 is 32.3. The Balaban J connectivity index is 1.74. The van der Waals surface area contributed by atoms with Gasteiger partial charge < -0.3 is 9.64 Å². The lowest BCUT2D eigenvalue weighted by atomic mass is 10.2. The van der Waals surface area contributed by atoms with Crippen LogP contribution in [0, 0.1) is 11.3 Å². The number of piperazine rings is 1. The van der Waals surface area contributed by atoms with Crippen molar-refractivity contribution < 1.29 is 13.2 Å². The highest BCUT2D eigenvalue weighted by molar-refractivity contribution is 7.89. The molecule has 1 fully saturated rings. The van der Waals surface area contributed by atoms with Crippen molar-refractivity contribution in [3.05, 3.63) is 54.1 Å². The molecule has 0 saturated carbocycles. The van der Waals surface area contributed by atoms with Gasteiger partial charge in [-0.05, 0) is 30.3 Å². The molecule has 25 heavy (non-hydrogen) atoms. The average Bonchev–Trinajstić information content (AvgIpc) is 2.68. The Kier molecular flexibility index (Phi) is 4.93. The van der Waals surface area contributed by atoms with Crippen molar-refractivity contribution in [2.45, 2.75) is 4.90 Å².